The Balaban J connectivity index is 1.59. The summed E-state index contributed by atoms with van der Waals surface area (Å²) in [5.41, 5.74) is 0.686. The molecule has 1 aliphatic rings. The molecule has 1 saturated heterocycles. The van der Waals surface area contributed by atoms with Gasteiger partial charge in [0.05, 0.1) is 34.0 Å². The third-order valence-corrected chi connectivity index (χ3v) is 7.18. The van der Waals surface area contributed by atoms with E-state index in [4.69, 9.17) is 18.9 Å². The quantitative estimate of drug-likeness (QED) is 0.317. The number of rotatable bonds is 8. The molecule has 3 aromatic carbocycles. The zero-order valence-electron chi connectivity index (χ0n) is 24.4. The molecule has 0 spiro atoms. The average Bonchev–Trinajstić information content (AvgIpc) is 3.28. The van der Waals surface area contributed by atoms with Gasteiger partial charge in [-0.15, -0.1) is 0 Å². The van der Waals surface area contributed by atoms with E-state index in [9.17, 15) is 22.8 Å². The van der Waals surface area contributed by atoms with Crippen molar-refractivity contribution in [2.75, 3.05) is 54.6 Å². The number of ether oxygens (including phenoxy) is 4. The first kappa shape index (κ1) is 31.3. The molecule has 11 heteroatoms. The van der Waals surface area contributed by atoms with Crippen LogP contribution in [0.15, 0.2) is 66.7 Å². The maximum absolute atomic E-state index is 13.5. The Morgan fingerprint density at radius 3 is 1.93 bits per heavy atom. The zero-order chi connectivity index (χ0) is 31.1. The van der Waals surface area contributed by atoms with Crippen LogP contribution in [-0.2, 0) is 11.0 Å². The number of benzene rings is 3. The molecule has 8 nitrogen and oxygen atoms in total. The molecule has 0 saturated carbocycles. The van der Waals surface area contributed by atoms with Gasteiger partial charge in [0.25, 0.3) is 5.91 Å². The largest absolute Gasteiger partial charge is 0.497 e. The summed E-state index contributed by atoms with van der Waals surface area (Å²) in [6.45, 7) is 1.27. The minimum atomic E-state index is -4.54. The second-order valence-electron chi connectivity index (χ2n) is 9.75. The van der Waals surface area contributed by atoms with Gasteiger partial charge < -0.3 is 28.7 Å². The number of amides is 2. The molecule has 3 aromatic rings. The number of nitrogens with zero attached hydrogens (tertiary/aromatic N) is 2. The number of alkyl halides is 3. The summed E-state index contributed by atoms with van der Waals surface area (Å²) < 4.78 is 61.8. The second-order valence-corrected chi connectivity index (χ2v) is 9.75. The monoisotopic (exact) mass is 598 g/mol. The lowest BCUT2D eigenvalue weighted by molar-refractivity contribution is -0.137. The lowest BCUT2D eigenvalue weighted by Crippen LogP contribution is -2.37. The molecule has 4 rings (SSSR count). The molecule has 1 aliphatic heterocycles. The van der Waals surface area contributed by atoms with Crippen LogP contribution in [0.4, 0.5) is 13.2 Å². The van der Waals surface area contributed by atoms with Crippen LogP contribution < -0.4 is 18.9 Å². The molecule has 0 aliphatic carbocycles. The molecule has 228 valence electrons. The van der Waals surface area contributed by atoms with Crippen molar-refractivity contribution >= 4 is 17.4 Å². The fourth-order valence-electron chi connectivity index (χ4n) is 4.91. The van der Waals surface area contributed by atoms with Crippen LogP contribution in [0.1, 0.15) is 33.5 Å². The minimum Gasteiger partial charge on any atom is -0.497 e. The summed E-state index contributed by atoms with van der Waals surface area (Å²) in [5, 5.41) is 0. The first-order valence-electron chi connectivity index (χ1n) is 13.5. The summed E-state index contributed by atoms with van der Waals surface area (Å²) in [6, 6.07) is 14.8. The summed E-state index contributed by atoms with van der Waals surface area (Å²) in [7, 11) is 5.92. The molecule has 0 aromatic heterocycles. The molecule has 0 N–H and O–H groups in total. The van der Waals surface area contributed by atoms with Crippen molar-refractivity contribution in [3.8, 4) is 23.0 Å². The summed E-state index contributed by atoms with van der Waals surface area (Å²) in [5.74, 6) is 1.01. The van der Waals surface area contributed by atoms with Gasteiger partial charge in [0.2, 0.25) is 11.7 Å². The van der Waals surface area contributed by atoms with E-state index in [1.54, 1.807) is 52.3 Å². The van der Waals surface area contributed by atoms with Gasteiger partial charge >= 0.3 is 6.18 Å². The van der Waals surface area contributed by atoms with E-state index in [1.807, 2.05) is 0 Å². The van der Waals surface area contributed by atoms with E-state index in [2.05, 4.69) is 0 Å². The third-order valence-electron chi connectivity index (χ3n) is 7.18. The highest BCUT2D eigenvalue weighted by molar-refractivity contribution is 5.99. The van der Waals surface area contributed by atoms with Crippen LogP contribution in [0.25, 0.3) is 5.57 Å². The lowest BCUT2D eigenvalue weighted by Gasteiger charge is -2.23. The highest BCUT2D eigenvalue weighted by Gasteiger charge is 2.31. The Morgan fingerprint density at radius 2 is 1.35 bits per heavy atom. The Bertz CT molecular complexity index is 1460. The van der Waals surface area contributed by atoms with E-state index >= 15 is 0 Å². The third kappa shape index (κ3) is 7.22. The smallest absolute Gasteiger partial charge is 0.416 e. The van der Waals surface area contributed by atoms with Crippen LogP contribution in [0, 0.1) is 0 Å². The first-order chi connectivity index (χ1) is 20.6. The van der Waals surface area contributed by atoms with Gasteiger partial charge in [-0.2, -0.15) is 13.2 Å². The van der Waals surface area contributed by atoms with Crippen LogP contribution in [0.2, 0.25) is 0 Å². The van der Waals surface area contributed by atoms with Crippen LogP contribution >= 0.6 is 0 Å². The van der Waals surface area contributed by atoms with Crippen molar-refractivity contribution in [3.63, 3.8) is 0 Å². The fraction of sp³-hybridized carbons (Fsp3) is 0.312. The number of carbonyl (C=O) groups excluding carboxylic acids is 2. The summed E-state index contributed by atoms with van der Waals surface area (Å²) in [4.78, 5) is 30.2. The standard InChI is InChI=1S/C32H33F3N2O6/c1-40-25-11-9-21(10-12-25)26(22-7-5-8-24(17-22)32(33,34)35)20-29(38)36-13-6-14-37(16-15-36)31(39)23-18-27(41-2)30(43-4)28(19-23)42-3/h5,7-12,17-20H,6,13-16H2,1-4H3. The Kier molecular flexibility index (Phi) is 9.84. The van der Waals surface area contributed by atoms with Gasteiger partial charge in [0.1, 0.15) is 5.75 Å². The molecule has 1 heterocycles. The first-order valence-corrected chi connectivity index (χ1v) is 13.5. The lowest BCUT2D eigenvalue weighted by atomic mass is 9.95. The minimum absolute atomic E-state index is 0.240. The van der Waals surface area contributed by atoms with E-state index in [1.165, 1.54) is 40.6 Å². The molecule has 2 amide bonds. The van der Waals surface area contributed by atoms with E-state index in [0.717, 1.165) is 12.1 Å². The van der Waals surface area contributed by atoms with Crippen molar-refractivity contribution in [1.82, 2.24) is 9.80 Å². The van der Waals surface area contributed by atoms with E-state index in [0.29, 0.717) is 59.2 Å². The Morgan fingerprint density at radius 1 is 0.721 bits per heavy atom. The molecule has 0 atom stereocenters. The molecular formula is C32H33F3N2O6. The Labute approximate surface area is 248 Å². The second kappa shape index (κ2) is 13.5. The predicted molar refractivity (Wildman–Crippen MR) is 155 cm³/mol. The summed E-state index contributed by atoms with van der Waals surface area (Å²) in [6.07, 6.45) is -2.67. The number of halogens is 3. The van der Waals surface area contributed by atoms with Crippen LogP contribution in [0.5, 0.6) is 23.0 Å². The molecule has 43 heavy (non-hydrogen) atoms. The molecular weight excluding hydrogens is 565 g/mol. The van der Waals surface area contributed by atoms with Gasteiger partial charge in [-0.25, -0.2) is 0 Å². The molecule has 0 radical (unpaired) electrons. The topological polar surface area (TPSA) is 77.5 Å². The van der Waals surface area contributed by atoms with Gasteiger partial charge in [0.15, 0.2) is 11.5 Å². The van der Waals surface area contributed by atoms with Gasteiger partial charge in [-0.3, -0.25) is 9.59 Å². The molecule has 0 bridgehead atoms. The van der Waals surface area contributed by atoms with Crippen LogP contribution in [0.3, 0.4) is 0 Å². The summed E-state index contributed by atoms with van der Waals surface area (Å²) >= 11 is 0. The van der Waals surface area contributed by atoms with Crippen molar-refractivity contribution in [3.05, 3.63) is 89.0 Å². The van der Waals surface area contributed by atoms with Crippen molar-refractivity contribution in [2.45, 2.75) is 12.6 Å². The van der Waals surface area contributed by atoms with Crippen molar-refractivity contribution in [2.24, 2.45) is 0 Å². The SMILES string of the molecule is COc1ccc(C(=CC(=O)N2CCCN(C(=O)c3cc(OC)c(OC)c(OC)c3)CC2)c2cccc(C(F)(F)F)c2)cc1. The molecule has 1 fully saturated rings. The average molecular weight is 599 g/mol. The van der Waals surface area contributed by atoms with Crippen LogP contribution in [-0.4, -0.2) is 76.2 Å². The van der Waals surface area contributed by atoms with E-state index in [-0.39, 0.29) is 30.5 Å². The highest BCUT2D eigenvalue weighted by Crippen LogP contribution is 2.38. The highest BCUT2D eigenvalue weighted by atomic mass is 19.4. The Hall–Kier alpha value is -4.67. The predicted octanol–water partition coefficient (Wildman–Crippen LogP) is 5.55. The van der Waals surface area contributed by atoms with E-state index < -0.39 is 11.7 Å². The number of carbonyl (C=O) groups is 2. The van der Waals surface area contributed by atoms with Crippen molar-refractivity contribution < 1.29 is 41.7 Å². The normalized spacial score (nSPS) is 14.2. The van der Waals surface area contributed by atoms with Crippen molar-refractivity contribution in [1.29, 1.82) is 0 Å². The maximum Gasteiger partial charge on any atom is 0.416 e. The fourth-order valence-corrected chi connectivity index (χ4v) is 4.91. The number of methoxy groups -OCH3 is 4. The van der Waals surface area contributed by atoms with Gasteiger partial charge in [-0.1, -0.05) is 24.3 Å². The molecule has 0 unspecified atom stereocenters. The van der Waals surface area contributed by atoms with Gasteiger partial charge in [-0.05, 0) is 59.5 Å². The number of hydrogen-bond donors (Lipinski definition) is 0. The number of hydrogen-bond acceptors (Lipinski definition) is 6. The van der Waals surface area contributed by atoms with Gasteiger partial charge in [0, 0.05) is 37.8 Å². The maximum atomic E-state index is 13.5. The zero-order valence-corrected chi connectivity index (χ0v) is 24.4.